The van der Waals surface area contributed by atoms with Gasteiger partial charge in [0.05, 0.1) is 28.7 Å². The van der Waals surface area contributed by atoms with Gasteiger partial charge in [0.25, 0.3) is 5.91 Å². The Kier molecular flexibility index (Phi) is 6.63. The molecule has 0 atom stereocenters. The van der Waals surface area contributed by atoms with Crippen LogP contribution in [-0.4, -0.2) is 59.5 Å². The van der Waals surface area contributed by atoms with Crippen LogP contribution in [-0.2, 0) is 17.5 Å². The van der Waals surface area contributed by atoms with Crippen molar-refractivity contribution < 1.29 is 18.0 Å². The van der Waals surface area contributed by atoms with E-state index in [0.717, 1.165) is 48.8 Å². The molecule has 4 aromatic rings. The number of rotatable bonds is 4. The van der Waals surface area contributed by atoms with Crippen LogP contribution in [0.5, 0.6) is 0 Å². The summed E-state index contributed by atoms with van der Waals surface area (Å²) in [7, 11) is 0. The molecule has 0 unspecified atom stereocenters. The number of hydrogen-bond acceptors (Lipinski definition) is 7. The minimum Gasteiger partial charge on any atom is -0.351 e. The molecule has 6 rings (SSSR count). The number of carbonyl (C=O) groups excluding carboxylic acids is 1. The Morgan fingerprint density at radius 2 is 1.97 bits per heavy atom. The number of hydrogen-bond donors (Lipinski definition) is 1. The zero-order valence-corrected chi connectivity index (χ0v) is 21.8. The minimum absolute atomic E-state index is 0.0222. The first kappa shape index (κ1) is 25.6. The summed E-state index contributed by atoms with van der Waals surface area (Å²) in [5.74, 6) is 0.733. The van der Waals surface area contributed by atoms with Gasteiger partial charge in [-0.1, -0.05) is 23.7 Å². The number of amides is 1. The molecule has 2 aliphatic heterocycles. The van der Waals surface area contributed by atoms with Crippen LogP contribution in [0.4, 0.5) is 13.2 Å². The summed E-state index contributed by atoms with van der Waals surface area (Å²) in [5, 5.41) is 19.9. The Balaban J connectivity index is 1.16. The predicted octanol–water partition coefficient (Wildman–Crippen LogP) is 5.12. The number of thioether (sulfide) groups is 1. The van der Waals surface area contributed by atoms with Gasteiger partial charge in [-0.25, -0.2) is 5.10 Å². The third kappa shape index (κ3) is 5.28. The minimum atomic E-state index is -4.53. The van der Waals surface area contributed by atoms with Crippen molar-refractivity contribution >= 4 is 51.4 Å². The van der Waals surface area contributed by atoms with E-state index in [2.05, 4.69) is 35.6 Å². The van der Waals surface area contributed by atoms with Gasteiger partial charge in [-0.05, 0) is 76.5 Å². The molecule has 14 heteroatoms. The van der Waals surface area contributed by atoms with Crippen LogP contribution in [0.15, 0.2) is 52.5 Å². The van der Waals surface area contributed by atoms with Crippen molar-refractivity contribution in [3.05, 3.63) is 75.0 Å². The Labute approximate surface area is 229 Å². The molecule has 1 amide bonds. The lowest BCUT2D eigenvalue weighted by Crippen LogP contribution is -2.36. The van der Waals surface area contributed by atoms with Crippen LogP contribution in [0.3, 0.4) is 0 Å². The van der Waals surface area contributed by atoms with Gasteiger partial charge in [-0.2, -0.15) is 23.3 Å². The lowest BCUT2D eigenvalue weighted by molar-refractivity contribution is -0.138. The van der Waals surface area contributed by atoms with Crippen LogP contribution in [0.25, 0.3) is 17.0 Å². The number of tetrazole rings is 1. The Morgan fingerprint density at radius 1 is 1.15 bits per heavy atom. The molecular weight excluding hydrogens is 553 g/mol. The number of carbonyl (C=O) groups is 1. The van der Waals surface area contributed by atoms with E-state index >= 15 is 0 Å². The Bertz CT molecular complexity index is 1610. The summed E-state index contributed by atoms with van der Waals surface area (Å²) < 4.78 is 42.1. The summed E-state index contributed by atoms with van der Waals surface area (Å²) in [6.45, 7) is 1.42. The highest BCUT2D eigenvalue weighted by Gasteiger charge is 2.34. The number of fused-ring (bicyclic) bond motifs is 1. The molecule has 0 aliphatic carbocycles. The molecule has 4 heterocycles. The molecule has 0 saturated carbocycles. The van der Waals surface area contributed by atoms with Gasteiger partial charge in [-0.3, -0.25) is 9.48 Å². The first-order valence-electron chi connectivity index (χ1n) is 12.1. The summed E-state index contributed by atoms with van der Waals surface area (Å²) in [6, 6.07) is 9.17. The number of aliphatic imine (C=N–C) groups is 1. The average molecular weight is 573 g/mol. The van der Waals surface area contributed by atoms with Crippen molar-refractivity contribution in [2.75, 3.05) is 13.1 Å². The highest BCUT2D eigenvalue weighted by molar-refractivity contribution is 8.18. The second kappa shape index (κ2) is 10.1. The number of piperidine rings is 1. The molecule has 39 heavy (non-hydrogen) atoms. The van der Waals surface area contributed by atoms with E-state index in [-0.39, 0.29) is 29.0 Å². The molecule has 0 spiro atoms. The van der Waals surface area contributed by atoms with Crippen molar-refractivity contribution in [2.45, 2.75) is 31.5 Å². The number of amidine groups is 1. The molecular formula is C25H20ClF3N8OS. The number of aromatic amines is 1. The number of H-pyrrole nitrogens is 1. The van der Waals surface area contributed by atoms with Crippen LogP contribution < -0.4 is 0 Å². The number of benzene rings is 2. The summed E-state index contributed by atoms with van der Waals surface area (Å²) >= 11 is 7.14. The maximum atomic E-state index is 13.5. The van der Waals surface area contributed by atoms with Crippen molar-refractivity contribution in [1.82, 2.24) is 35.3 Å². The molecule has 9 nitrogen and oxygen atoms in total. The second-order valence-corrected chi connectivity index (χ2v) is 10.7. The number of nitrogens with one attached hydrogen (secondary N) is 1. The molecule has 0 radical (unpaired) electrons. The molecule has 1 fully saturated rings. The van der Waals surface area contributed by atoms with Crippen molar-refractivity contribution in [2.24, 2.45) is 4.99 Å². The van der Waals surface area contributed by atoms with Gasteiger partial charge >= 0.3 is 6.18 Å². The summed E-state index contributed by atoms with van der Waals surface area (Å²) in [4.78, 5) is 19.5. The predicted molar refractivity (Wildman–Crippen MR) is 141 cm³/mol. The maximum Gasteiger partial charge on any atom is 0.416 e. The lowest BCUT2D eigenvalue weighted by Gasteiger charge is -2.31. The SMILES string of the molecule is O=C1N=C(N2CCC(c3nnn[nH]3)CC2)S/C1=C\c1ccc2c(cnn2Cc2ccc(Cl)cc2C(F)(F)F)c1. The fourth-order valence-electron chi connectivity index (χ4n) is 4.80. The average Bonchev–Trinajstić information content (AvgIpc) is 3.66. The normalized spacial score (nSPS) is 17.9. The molecule has 0 bridgehead atoms. The highest BCUT2D eigenvalue weighted by atomic mass is 35.5. The zero-order chi connectivity index (χ0) is 27.1. The first-order chi connectivity index (χ1) is 18.7. The van der Waals surface area contributed by atoms with Gasteiger partial charge in [-0.15, -0.1) is 5.10 Å². The number of alkyl halides is 3. The lowest BCUT2D eigenvalue weighted by atomic mass is 9.97. The smallest absolute Gasteiger partial charge is 0.351 e. The van der Waals surface area contributed by atoms with Gasteiger partial charge < -0.3 is 4.90 Å². The van der Waals surface area contributed by atoms with E-state index in [0.29, 0.717) is 15.6 Å². The van der Waals surface area contributed by atoms with Crippen LogP contribution in [0.2, 0.25) is 5.02 Å². The second-order valence-electron chi connectivity index (χ2n) is 9.28. The summed E-state index contributed by atoms with van der Waals surface area (Å²) in [6.07, 6.45) is 0.545. The standard InChI is InChI=1S/C25H20ClF3N8OS/c26-18-3-2-16(19(11-18)25(27,28)29)13-37-20-4-1-14(9-17(20)12-30-37)10-21-23(38)31-24(39-21)36-7-5-15(6-8-36)22-32-34-35-33-22/h1-4,9-12,15H,5-8,13H2,(H,32,33,34,35)/b21-10-. The van der Waals surface area contributed by atoms with Crippen LogP contribution >= 0.6 is 23.4 Å². The van der Waals surface area contributed by atoms with Gasteiger partial charge in [0.15, 0.2) is 11.0 Å². The van der Waals surface area contributed by atoms with Gasteiger partial charge in [0.1, 0.15) is 0 Å². The molecule has 1 saturated heterocycles. The van der Waals surface area contributed by atoms with E-state index in [1.165, 1.54) is 28.6 Å². The van der Waals surface area contributed by atoms with Crippen molar-refractivity contribution in [3.8, 4) is 0 Å². The molecule has 2 aromatic heterocycles. The van der Waals surface area contributed by atoms with Gasteiger partial charge in [0, 0.05) is 29.4 Å². The molecule has 200 valence electrons. The van der Waals surface area contributed by atoms with Crippen molar-refractivity contribution in [3.63, 3.8) is 0 Å². The first-order valence-corrected chi connectivity index (χ1v) is 13.3. The molecule has 1 N–H and O–H groups in total. The van der Waals surface area contributed by atoms with E-state index < -0.39 is 11.7 Å². The third-order valence-electron chi connectivity index (χ3n) is 6.78. The van der Waals surface area contributed by atoms with E-state index in [1.54, 1.807) is 18.3 Å². The van der Waals surface area contributed by atoms with E-state index in [1.807, 2.05) is 12.1 Å². The molecule has 2 aromatic carbocycles. The van der Waals surface area contributed by atoms with Crippen LogP contribution in [0, 0.1) is 0 Å². The fourth-order valence-corrected chi connectivity index (χ4v) is 5.94. The van der Waals surface area contributed by atoms with Crippen molar-refractivity contribution in [1.29, 1.82) is 0 Å². The zero-order valence-electron chi connectivity index (χ0n) is 20.2. The van der Waals surface area contributed by atoms with Gasteiger partial charge in [0.2, 0.25) is 0 Å². The van der Waals surface area contributed by atoms with E-state index in [9.17, 15) is 18.0 Å². The highest BCUT2D eigenvalue weighted by Crippen LogP contribution is 2.36. The maximum absolute atomic E-state index is 13.5. The molecule has 2 aliphatic rings. The number of likely N-dealkylation sites (tertiary alicyclic amines) is 1. The largest absolute Gasteiger partial charge is 0.416 e. The number of aromatic nitrogens is 6. The topological polar surface area (TPSA) is 105 Å². The quantitative estimate of drug-likeness (QED) is 0.338. The number of halogens is 4. The summed E-state index contributed by atoms with van der Waals surface area (Å²) in [5.41, 5.74) is 0.731. The Hall–Kier alpha value is -3.71. The van der Waals surface area contributed by atoms with E-state index in [4.69, 9.17) is 11.6 Å². The monoisotopic (exact) mass is 572 g/mol. The Morgan fingerprint density at radius 3 is 2.72 bits per heavy atom. The fraction of sp³-hybridized carbons (Fsp3) is 0.280. The third-order valence-corrected chi connectivity index (χ3v) is 8.06. The van der Waals surface area contributed by atoms with Crippen LogP contribution in [0.1, 0.15) is 41.3 Å². The number of nitrogens with zero attached hydrogens (tertiary/aromatic N) is 7.